The number of nitriles is 1. The Kier molecular flexibility index (Phi) is 4.89. The molecule has 0 saturated carbocycles. The molecule has 0 aliphatic rings. The summed E-state index contributed by atoms with van der Waals surface area (Å²) in [6.07, 6.45) is -5.07. The van der Waals surface area contributed by atoms with Gasteiger partial charge in [0.2, 0.25) is 0 Å². The van der Waals surface area contributed by atoms with E-state index >= 15 is 0 Å². The first-order valence-electron chi connectivity index (χ1n) is 6.48. The summed E-state index contributed by atoms with van der Waals surface area (Å²) in [6.45, 7) is 0. The van der Waals surface area contributed by atoms with Crippen LogP contribution in [0.4, 0.5) is 17.6 Å². The third kappa shape index (κ3) is 4.00. The van der Waals surface area contributed by atoms with Crippen molar-refractivity contribution < 1.29 is 34.9 Å². The Labute approximate surface area is 140 Å². The van der Waals surface area contributed by atoms with Crippen molar-refractivity contribution in [2.75, 3.05) is 7.11 Å². The Morgan fingerprint density at radius 3 is 2.32 bits per heavy atom. The molecule has 2 aromatic carbocycles. The lowest BCUT2D eigenvalue weighted by atomic mass is 10.2. The number of rotatable bonds is 4. The van der Waals surface area contributed by atoms with E-state index in [4.69, 9.17) is 14.2 Å². The lowest BCUT2D eigenvalue weighted by molar-refractivity contribution is -0.140. The van der Waals surface area contributed by atoms with Crippen LogP contribution < -0.4 is 8.92 Å². The third-order valence-electron chi connectivity index (χ3n) is 3.02. The summed E-state index contributed by atoms with van der Waals surface area (Å²) in [7, 11) is -3.50. The predicted molar refractivity (Wildman–Crippen MR) is 76.9 cm³/mol. The smallest absolute Gasteiger partial charge is 0.419 e. The second-order valence-electron chi connectivity index (χ2n) is 4.65. The number of halogens is 4. The lowest BCUT2D eigenvalue weighted by Gasteiger charge is -2.13. The lowest BCUT2D eigenvalue weighted by Crippen LogP contribution is -2.14. The van der Waals surface area contributed by atoms with E-state index in [9.17, 15) is 26.0 Å². The monoisotopic (exact) mass is 375 g/mol. The standard InChI is InChI=1S/C15H9F4NO4S/c1-23-14-6-9(8-20)2-5-13(14)24-25(21,22)10-3-4-12(16)11(7-10)15(17,18)19/h2-7H,1H3. The van der Waals surface area contributed by atoms with Crippen molar-refractivity contribution in [3.63, 3.8) is 0 Å². The summed E-state index contributed by atoms with van der Waals surface area (Å²) in [5.74, 6) is -2.05. The zero-order valence-electron chi connectivity index (χ0n) is 12.5. The largest absolute Gasteiger partial charge is 0.493 e. The summed E-state index contributed by atoms with van der Waals surface area (Å²) in [4.78, 5) is -0.882. The predicted octanol–water partition coefficient (Wildman–Crippen LogP) is 3.49. The molecule has 0 saturated heterocycles. The van der Waals surface area contributed by atoms with Crippen LogP contribution in [-0.2, 0) is 16.3 Å². The van der Waals surface area contributed by atoms with E-state index in [2.05, 4.69) is 0 Å². The van der Waals surface area contributed by atoms with Crippen LogP contribution in [0.3, 0.4) is 0 Å². The van der Waals surface area contributed by atoms with Gasteiger partial charge in [0.1, 0.15) is 10.7 Å². The normalized spacial score (nSPS) is 11.7. The molecule has 0 fully saturated rings. The van der Waals surface area contributed by atoms with Crippen LogP contribution in [0.1, 0.15) is 11.1 Å². The van der Waals surface area contributed by atoms with Gasteiger partial charge in [-0.3, -0.25) is 0 Å². The molecule has 10 heteroatoms. The molecule has 0 N–H and O–H groups in total. The van der Waals surface area contributed by atoms with E-state index in [0.29, 0.717) is 12.1 Å². The molecule has 2 aromatic rings. The number of methoxy groups -OCH3 is 1. The minimum atomic E-state index is -5.07. The zero-order valence-corrected chi connectivity index (χ0v) is 13.3. The average Bonchev–Trinajstić information content (AvgIpc) is 2.54. The van der Waals surface area contributed by atoms with Gasteiger partial charge in [0.25, 0.3) is 0 Å². The fourth-order valence-corrected chi connectivity index (χ4v) is 2.82. The first-order chi connectivity index (χ1) is 11.6. The maximum Gasteiger partial charge on any atom is 0.419 e. The number of hydrogen-bond acceptors (Lipinski definition) is 5. The fraction of sp³-hybridized carbons (Fsp3) is 0.133. The molecule has 0 bridgehead atoms. The van der Waals surface area contributed by atoms with E-state index in [1.807, 2.05) is 0 Å². The third-order valence-corrected chi connectivity index (χ3v) is 4.25. The van der Waals surface area contributed by atoms with E-state index < -0.39 is 32.6 Å². The summed E-state index contributed by atoms with van der Waals surface area (Å²) >= 11 is 0. The molecule has 132 valence electrons. The molecule has 0 amide bonds. The summed E-state index contributed by atoms with van der Waals surface area (Å²) in [6, 6.07) is 6.52. The van der Waals surface area contributed by atoms with Crippen molar-refractivity contribution in [1.29, 1.82) is 5.26 Å². The molecule has 5 nitrogen and oxygen atoms in total. The number of hydrogen-bond donors (Lipinski definition) is 0. The Balaban J connectivity index is 2.46. The molecule has 0 unspecified atom stereocenters. The van der Waals surface area contributed by atoms with Crippen LogP contribution in [0.25, 0.3) is 0 Å². The van der Waals surface area contributed by atoms with E-state index in [-0.39, 0.29) is 23.1 Å². The minimum Gasteiger partial charge on any atom is -0.493 e. The minimum absolute atomic E-state index is 0.110. The summed E-state index contributed by atoms with van der Waals surface area (Å²) in [5.41, 5.74) is -1.58. The molecule has 0 atom stereocenters. The molecule has 0 aliphatic heterocycles. The molecule has 0 heterocycles. The van der Waals surface area contributed by atoms with Crippen molar-refractivity contribution in [1.82, 2.24) is 0 Å². The van der Waals surface area contributed by atoms with Crippen LogP contribution in [-0.4, -0.2) is 15.5 Å². The summed E-state index contributed by atoms with van der Waals surface area (Å²) < 4.78 is 85.5. The van der Waals surface area contributed by atoms with Crippen molar-refractivity contribution in [3.8, 4) is 17.6 Å². The molecule has 0 aromatic heterocycles. The van der Waals surface area contributed by atoms with Crippen molar-refractivity contribution in [3.05, 3.63) is 53.3 Å². The highest BCUT2D eigenvalue weighted by Gasteiger charge is 2.35. The van der Waals surface area contributed by atoms with Crippen molar-refractivity contribution in [2.45, 2.75) is 11.1 Å². The van der Waals surface area contributed by atoms with Gasteiger partial charge in [-0.25, -0.2) is 4.39 Å². The Morgan fingerprint density at radius 2 is 1.76 bits per heavy atom. The fourth-order valence-electron chi connectivity index (χ4n) is 1.85. The van der Waals surface area contributed by atoms with Gasteiger partial charge >= 0.3 is 16.3 Å². The highest BCUT2D eigenvalue weighted by Crippen LogP contribution is 2.34. The Hall–Kier alpha value is -2.80. The molecular formula is C15H9F4NO4S. The molecule has 0 aliphatic carbocycles. The van der Waals surface area contributed by atoms with Gasteiger partial charge in [0.15, 0.2) is 11.5 Å². The van der Waals surface area contributed by atoms with Crippen LogP contribution in [0, 0.1) is 17.1 Å². The molecule has 25 heavy (non-hydrogen) atoms. The Bertz CT molecular complexity index is 949. The van der Waals surface area contributed by atoms with E-state index in [1.54, 1.807) is 6.07 Å². The number of nitrogens with zero attached hydrogens (tertiary/aromatic N) is 1. The second kappa shape index (κ2) is 6.60. The van der Waals surface area contributed by atoms with Gasteiger partial charge < -0.3 is 8.92 Å². The van der Waals surface area contributed by atoms with Gasteiger partial charge in [-0.2, -0.15) is 26.9 Å². The van der Waals surface area contributed by atoms with Gasteiger partial charge in [0, 0.05) is 6.07 Å². The topological polar surface area (TPSA) is 76.4 Å². The maximum atomic E-state index is 13.3. The number of benzene rings is 2. The first-order valence-corrected chi connectivity index (χ1v) is 7.88. The molecular weight excluding hydrogens is 366 g/mol. The summed E-state index contributed by atoms with van der Waals surface area (Å²) in [5, 5.41) is 8.79. The number of ether oxygens (including phenoxy) is 1. The van der Waals surface area contributed by atoms with Crippen LogP contribution in [0.15, 0.2) is 41.3 Å². The van der Waals surface area contributed by atoms with Crippen molar-refractivity contribution >= 4 is 10.1 Å². The highest BCUT2D eigenvalue weighted by molar-refractivity contribution is 7.87. The molecule has 0 spiro atoms. The van der Waals surface area contributed by atoms with Crippen LogP contribution in [0.2, 0.25) is 0 Å². The SMILES string of the molecule is COc1cc(C#N)ccc1OS(=O)(=O)c1ccc(F)c(C(F)(F)F)c1. The maximum absolute atomic E-state index is 13.3. The second-order valence-corrected chi connectivity index (χ2v) is 6.20. The van der Waals surface area contributed by atoms with Gasteiger partial charge in [-0.1, -0.05) is 0 Å². The van der Waals surface area contributed by atoms with Gasteiger partial charge in [-0.05, 0) is 30.3 Å². The number of alkyl halides is 3. The van der Waals surface area contributed by atoms with Gasteiger partial charge in [0.05, 0.1) is 24.3 Å². The molecule has 2 rings (SSSR count). The highest BCUT2D eigenvalue weighted by atomic mass is 32.2. The quantitative estimate of drug-likeness (QED) is 0.604. The van der Waals surface area contributed by atoms with Crippen LogP contribution >= 0.6 is 0 Å². The first kappa shape index (κ1) is 18.5. The van der Waals surface area contributed by atoms with Crippen LogP contribution in [0.5, 0.6) is 11.5 Å². The Morgan fingerprint density at radius 1 is 1.08 bits per heavy atom. The van der Waals surface area contributed by atoms with E-state index in [0.717, 1.165) is 6.07 Å². The average molecular weight is 375 g/mol. The van der Waals surface area contributed by atoms with Crippen molar-refractivity contribution in [2.24, 2.45) is 0 Å². The zero-order chi connectivity index (χ0) is 18.8. The molecule has 0 radical (unpaired) electrons. The van der Waals surface area contributed by atoms with E-state index in [1.165, 1.54) is 19.2 Å². The van der Waals surface area contributed by atoms with Gasteiger partial charge in [-0.15, -0.1) is 0 Å².